The maximum absolute atomic E-state index is 11.4. The Labute approximate surface area is 105 Å². The predicted molar refractivity (Wildman–Crippen MR) is 74.5 cm³/mol. The van der Waals surface area contributed by atoms with Crippen LogP contribution in [0.25, 0.3) is 0 Å². The highest BCUT2D eigenvalue weighted by Crippen LogP contribution is 2.22. The summed E-state index contributed by atoms with van der Waals surface area (Å²) in [5, 5.41) is 0. The van der Waals surface area contributed by atoms with Crippen molar-refractivity contribution in [1.29, 1.82) is 0 Å². The van der Waals surface area contributed by atoms with Crippen LogP contribution in [0.15, 0.2) is 30.3 Å². The van der Waals surface area contributed by atoms with Gasteiger partial charge >= 0.3 is 0 Å². The van der Waals surface area contributed by atoms with Gasteiger partial charge in [-0.15, -0.1) is 0 Å². The van der Waals surface area contributed by atoms with Gasteiger partial charge in [0.2, 0.25) is 5.91 Å². The van der Waals surface area contributed by atoms with Gasteiger partial charge < -0.3 is 0 Å². The minimum Gasteiger partial charge on any atom is -0.294 e. The topological polar surface area (TPSA) is 55.1 Å². The summed E-state index contributed by atoms with van der Waals surface area (Å²) in [6.07, 6.45) is 0. The van der Waals surface area contributed by atoms with Crippen LogP contribution in [0.4, 0.5) is 0 Å². The van der Waals surface area contributed by atoms with Crippen molar-refractivity contribution in [1.82, 2.24) is 5.43 Å². The minimum atomic E-state index is -0.573. The number of benzene rings is 1. The van der Waals surface area contributed by atoms with Crippen molar-refractivity contribution in [2.75, 3.05) is 0 Å². The zero-order valence-electron chi connectivity index (χ0n) is 11.9. The van der Waals surface area contributed by atoms with Crippen LogP contribution >= 0.6 is 0 Å². The van der Waals surface area contributed by atoms with Crippen LogP contribution in [0.5, 0.6) is 0 Å². The van der Waals surface area contributed by atoms with E-state index in [1.807, 2.05) is 71.9 Å². The van der Waals surface area contributed by atoms with E-state index in [-0.39, 0.29) is 5.91 Å². The molecule has 17 heavy (non-hydrogen) atoms. The van der Waals surface area contributed by atoms with E-state index in [0.29, 0.717) is 0 Å². The lowest BCUT2D eigenvalue weighted by atomic mass is 9.84. The van der Waals surface area contributed by atoms with Crippen molar-refractivity contribution in [3.05, 3.63) is 35.9 Å². The van der Waals surface area contributed by atoms with Crippen LogP contribution in [-0.2, 0) is 10.2 Å². The van der Waals surface area contributed by atoms with E-state index in [4.69, 9.17) is 5.84 Å². The van der Waals surface area contributed by atoms with Crippen LogP contribution in [0, 0.1) is 0 Å². The molecule has 98 valence electrons. The van der Waals surface area contributed by atoms with E-state index in [1.165, 1.54) is 0 Å². The number of nitrogens with two attached hydrogens (primary N) is 1. The Morgan fingerprint density at radius 1 is 1.06 bits per heavy atom. The molecule has 3 N–H and O–H groups in total. The van der Waals surface area contributed by atoms with Crippen molar-refractivity contribution in [3.63, 3.8) is 0 Å². The Bertz CT molecular complexity index is 294. The monoisotopic (exact) mass is 238 g/mol. The van der Waals surface area contributed by atoms with Crippen molar-refractivity contribution >= 4 is 5.91 Å². The van der Waals surface area contributed by atoms with Crippen LogP contribution < -0.4 is 11.3 Å². The SMILES string of the molecule is CC.CC.CC(C)(C(=O)NN)c1ccccc1. The highest BCUT2D eigenvalue weighted by molar-refractivity contribution is 5.86. The number of carbonyl (C=O) groups is 1. The van der Waals surface area contributed by atoms with Crippen molar-refractivity contribution in [2.24, 2.45) is 5.84 Å². The molecule has 1 amide bonds. The summed E-state index contributed by atoms with van der Waals surface area (Å²) < 4.78 is 0. The van der Waals surface area contributed by atoms with Gasteiger partial charge in [-0.25, -0.2) is 5.84 Å². The van der Waals surface area contributed by atoms with Gasteiger partial charge in [0.05, 0.1) is 5.41 Å². The molecule has 0 fully saturated rings. The molecule has 0 unspecified atom stereocenters. The average molecular weight is 238 g/mol. The first kappa shape index (κ1) is 18.0. The second kappa shape index (κ2) is 9.85. The van der Waals surface area contributed by atoms with E-state index in [0.717, 1.165) is 5.56 Å². The Hall–Kier alpha value is -1.35. The molecule has 0 bridgehead atoms. The summed E-state index contributed by atoms with van der Waals surface area (Å²) in [5.41, 5.74) is 2.55. The molecule has 3 heteroatoms. The molecule has 0 aromatic heterocycles. The first-order valence-corrected chi connectivity index (χ1v) is 6.15. The average Bonchev–Trinajstić information content (AvgIpc) is 2.43. The zero-order chi connectivity index (χ0) is 13.9. The van der Waals surface area contributed by atoms with Crippen molar-refractivity contribution < 1.29 is 4.79 Å². The molecule has 0 saturated heterocycles. The standard InChI is InChI=1S/C10H14N2O.2C2H6/c1-10(2,9(13)12-11)8-6-4-3-5-7-8;2*1-2/h3-7H,11H2,1-2H3,(H,12,13);2*1-2H3. The molecule has 1 rings (SSSR count). The number of hydrogen-bond acceptors (Lipinski definition) is 2. The molecule has 0 spiro atoms. The lowest BCUT2D eigenvalue weighted by molar-refractivity contribution is -0.125. The summed E-state index contributed by atoms with van der Waals surface area (Å²) >= 11 is 0. The number of nitrogens with one attached hydrogen (secondary N) is 1. The van der Waals surface area contributed by atoms with Gasteiger partial charge in [-0.05, 0) is 19.4 Å². The highest BCUT2D eigenvalue weighted by Gasteiger charge is 2.28. The molecule has 0 atom stereocenters. The third-order valence-corrected chi connectivity index (χ3v) is 2.19. The molecule has 1 aromatic carbocycles. The van der Waals surface area contributed by atoms with E-state index in [2.05, 4.69) is 5.43 Å². The summed E-state index contributed by atoms with van der Waals surface area (Å²) in [5.74, 6) is 4.91. The van der Waals surface area contributed by atoms with Crippen molar-refractivity contribution in [3.8, 4) is 0 Å². The second-order valence-electron chi connectivity index (χ2n) is 3.46. The molecular formula is C14H26N2O. The lowest BCUT2D eigenvalue weighted by Gasteiger charge is -2.22. The second-order valence-corrected chi connectivity index (χ2v) is 3.46. The van der Waals surface area contributed by atoms with Crippen LogP contribution in [0.3, 0.4) is 0 Å². The third kappa shape index (κ3) is 5.50. The third-order valence-electron chi connectivity index (χ3n) is 2.19. The lowest BCUT2D eigenvalue weighted by Crippen LogP contribution is -2.43. The molecule has 1 aromatic rings. The number of hydrogen-bond donors (Lipinski definition) is 2. The van der Waals surface area contributed by atoms with Crippen LogP contribution in [-0.4, -0.2) is 5.91 Å². The maximum atomic E-state index is 11.4. The van der Waals surface area contributed by atoms with Gasteiger partial charge in [0.25, 0.3) is 0 Å². The molecule has 0 aliphatic rings. The van der Waals surface area contributed by atoms with Gasteiger partial charge in [0.15, 0.2) is 0 Å². The Kier molecular flexibility index (Phi) is 10.4. The Morgan fingerprint density at radius 3 is 1.82 bits per heavy atom. The molecule has 0 radical (unpaired) electrons. The molecule has 0 aliphatic carbocycles. The first-order valence-electron chi connectivity index (χ1n) is 6.15. The van der Waals surface area contributed by atoms with E-state index < -0.39 is 5.41 Å². The predicted octanol–water partition coefficient (Wildman–Crippen LogP) is 3.01. The minimum absolute atomic E-state index is 0.182. The van der Waals surface area contributed by atoms with Gasteiger partial charge in [-0.1, -0.05) is 58.0 Å². The van der Waals surface area contributed by atoms with E-state index in [1.54, 1.807) is 0 Å². The number of amides is 1. The highest BCUT2D eigenvalue weighted by atomic mass is 16.2. The zero-order valence-corrected chi connectivity index (χ0v) is 11.9. The summed E-state index contributed by atoms with van der Waals surface area (Å²) in [7, 11) is 0. The van der Waals surface area contributed by atoms with Gasteiger partial charge in [0.1, 0.15) is 0 Å². The number of hydrazine groups is 1. The Morgan fingerprint density at radius 2 is 1.47 bits per heavy atom. The van der Waals surface area contributed by atoms with Crippen LogP contribution in [0.1, 0.15) is 47.1 Å². The maximum Gasteiger partial charge on any atom is 0.243 e. The normalized spacial score (nSPS) is 9.12. The van der Waals surface area contributed by atoms with Gasteiger partial charge in [-0.3, -0.25) is 10.2 Å². The molecule has 0 saturated carbocycles. The fourth-order valence-electron chi connectivity index (χ4n) is 1.17. The fourth-order valence-corrected chi connectivity index (χ4v) is 1.17. The fraction of sp³-hybridized carbons (Fsp3) is 0.500. The first-order chi connectivity index (χ1) is 8.09. The molecule has 0 aliphatic heterocycles. The van der Waals surface area contributed by atoms with E-state index >= 15 is 0 Å². The van der Waals surface area contributed by atoms with E-state index in [9.17, 15) is 4.79 Å². The smallest absolute Gasteiger partial charge is 0.243 e. The Balaban J connectivity index is 0. The number of carbonyl (C=O) groups excluding carboxylic acids is 1. The summed E-state index contributed by atoms with van der Waals surface area (Å²) in [6.45, 7) is 11.7. The van der Waals surface area contributed by atoms with Crippen molar-refractivity contribution in [2.45, 2.75) is 47.0 Å². The van der Waals surface area contributed by atoms with Crippen LogP contribution in [0.2, 0.25) is 0 Å². The quantitative estimate of drug-likeness (QED) is 0.473. The van der Waals surface area contributed by atoms with Gasteiger partial charge in [-0.2, -0.15) is 0 Å². The molecule has 0 heterocycles. The van der Waals surface area contributed by atoms with Gasteiger partial charge in [0, 0.05) is 0 Å². The largest absolute Gasteiger partial charge is 0.294 e. The molecular weight excluding hydrogens is 212 g/mol. The summed E-state index contributed by atoms with van der Waals surface area (Å²) in [6, 6.07) is 9.55. The molecule has 3 nitrogen and oxygen atoms in total. The number of rotatable bonds is 2. The summed E-state index contributed by atoms with van der Waals surface area (Å²) in [4.78, 5) is 11.4.